The highest BCUT2D eigenvalue weighted by molar-refractivity contribution is 5.79. The van der Waals surface area contributed by atoms with E-state index in [4.69, 9.17) is 0 Å². The lowest BCUT2D eigenvalue weighted by Crippen LogP contribution is -2.37. The van der Waals surface area contributed by atoms with Gasteiger partial charge in [0.25, 0.3) is 0 Å². The van der Waals surface area contributed by atoms with Crippen molar-refractivity contribution < 1.29 is 19.1 Å². The molecule has 2 aromatic rings. The van der Waals surface area contributed by atoms with Gasteiger partial charge in [0.05, 0.1) is 5.92 Å². The Labute approximate surface area is 153 Å². The van der Waals surface area contributed by atoms with Gasteiger partial charge in [-0.15, -0.1) is 0 Å². The van der Waals surface area contributed by atoms with Crippen molar-refractivity contribution in [3.63, 3.8) is 0 Å². The van der Waals surface area contributed by atoms with E-state index in [1.807, 2.05) is 36.4 Å². The molecule has 0 saturated carbocycles. The molecule has 1 amide bonds. The molecule has 138 valence electrons. The molecule has 0 heterocycles. The zero-order chi connectivity index (χ0) is 18.9. The van der Waals surface area contributed by atoms with Gasteiger partial charge >= 0.3 is 5.97 Å². The summed E-state index contributed by atoms with van der Waals surface area (Å²) in [6.07, 6.45) is 1.54. The number of amides is 1. The molecule has 2 rings (SSSR count). The fourth-order valence-corrected chi connectivity index (χ4v) is 2.75. The summed E-state index contributed by atoms with van der Waals surface area (Å²) in [6.45, 7) is 1.88. The Morgan fingerprint density at radius 2 is 1.77 bits per heavy atom. The monoisotopic (exact) mass is 357 g/mol. The van der Waals surface area contributed by atoms with Crippen LogP contribution in [0.2, 0.25) is 0 Å². The molecule has 0 aliphatic carbocycles. The van der Waals surface area contributed by atoms with Crippen molar-refractivity contribution in [2.75, 3.05) is 6.54 Å². The number of hydrogen-bond donors (Lipinski definition) is 2. The lowest BCUT2D eigenvalue weighted by molar-refractivity contribution is -0.141. The van der Waals surface area contributed by atoms with Crippen molar-refractivity contribution in [3.05, 3.63) is 71.5 Å². The minimum absolute atomic E-state index is 0.0906. The van der Waals surface area contributed by atoms with Gasteiger partial charge in [0.1, 0.15) is 5.82 Å². The van der Waals surface area contributed by atoms with Crippen LogP contribution in [-0.4, -0.2) is 23.5 Å². The standard InChI is InChI=1S/C21H24FNO3/c1-15(10-11-17-8-5-9-19(22)13-17)20(24)23-14-18(21(25)26)12-16-6-3-2-4-7-16/h2-9,13,15,18H,10-12,14H2,1H3,(H,23,24)(H,25,26). The van der Waals surface area contributed by atoms with Crippen LogP contribution >= 0.6 is 0 Å². The van der Waals surface area contributed by atoms with Crippen LogP contribution in [-0.2, 0) is 22.4 Å². The van der Waals surface area contributed by atoms with Gasteiger partial charge in [0.15, 0.2) is 0 Å². The molecule has 0 spiro atoms. The summed E-state index contributed by atoms with van der Waals surface area (Å²) in [5, 5.41) is 12.1. The maximum atomic E-state index is 13.2. The Bertz CT molecular complexity index is 733. The minimum atomic E-state index is -0.929. The Morgan fingerprint density at radius 1 is 1.08 bits per heavy atom. The molecule has 2 aromatic carbocycles. The number of carbonyl (C=O) groups is 2. The second-order valence-corrected chi connectivity index (χ2v) is 6.54. The molecule has 0 aliphatic rings. The topological polar surface area (TPSA) is 66.4 Å². The quantitative estimate of drug-likeness (QED) is 0.722. The first-order chi connectivity index (χ1) is 12.5. The van der Waals surface area contributed by atoms with Crippen LogP contribution < -0.4 is 5.32 Å². The van der Waals surface area contributed by atoms with Gasteiger partial charge < -0.3 is 10.4 Å². The molecule has 26 heavy (non-hydrogen) atoms. The number of hydrogen-bond acceptors (Lipinski definition) is 2. The van der Waals surface area contributed by atoms with E-state index < -0.39 is 11.9 Å². The molecule has 0 fully saturated rings. The fraction of sp³-hybridized carbons (Fsp3) is 0.333. The highest BCUT2D eigenvalue weighted by atomic mass is 19.1. The van der Waals surface area contributed by atoms with Crippen molar-refractivity contribution in [1.82, 2.24) is 5.32 Å². The number of aryl methyl sites for hydroxylation is 1. The van der Waals surface area contributed by atoms with Gasteiger partial charge in [-0.3, -0.25) is 9.59 Å². The Morgan fingerprint density at radius 3 is 2.42 bits per heavy atom. The van der Waals surface area contributed by atoms with Crippen molar-refractivity contribution in [1.29, 1.82) is 0 Å². The van der Waals surface area contributed by atoms with Crippen molar-refractivity contribution in [2.24, 2.45) is 11.8 Å². The molecule has 0 aromatic heterocycles. The molecule has 5 heteroatoms. The second-order valence-electron chi connectivity index (χ2n) is 6.54. The number of carboxylic acids is 1. The third-order valence-electron chi connectivity index (χ3n) is 4.40. The van der Waals surface area contributed by atoms with Gasteiger partial charge in [-0.1, -0.05) is 49.4 Å². The number of aliphatic carboxylic acids is 1. The zero-order valence-electron chi connectivity index (χ0n) is 14.8. The third kappa shape index (κ3) is 6.31. The van der Waals surface area contributed by atoms with E-state index in [2.05, 4.69) is 5.32 Å². The number of nitrogens with one attached hydrogen (secondary N) is 1. The van der Waals surface area contributed by atoms with Gasteiger partial charge in [0.2, 0.25) is 5.91 Å². The van der Waals surface area contributed by atoms with E-state index in [0.29, 0.717) is 19.3 Å². The maximum absolute atomic E-state index is 13.2. The van der Waals surface area contributed by atoms with Crippen molar-refractivity contribution in [2.45, 2.75) is 26.2 Å². The predicted molar refractivity (Wildman–Crippen MR) is 98.2 cm³/mol. The maximum Gasteiger partial charge on any atom is 0.308 e. The minimum Gasteiger partial charge on any atom is -0.481 e. The summed E-state index contributed by atoms with van der Waals surface area (Å²) >= 11 is 0. The number of halogens is 1. The van der Waals surface area contributed by atoms with E-state index in [1.165, 1.54) is 12.1 Å². The zero-order valence-corrected chi connectivity index (χ0v) is 14.8. The summed E-state index contributed by atoms with van der Waals surface area (Å²) in [6, 6.07) is 15.7. The highest BCUT2D eigenvalue weighted by Gasteiger charge is 2.20. The van der Waals surface area contributed by atoms with Crippen LogP contribution in [0.4, 0.5) is 4.39 Å². The number of carboxylic acid groups (broad SMARTS) is 1. The average Bonchev–Trinajstić information content (AvgIpc) is 2.63. The van der Waals surface area contributed by atoms with E-state index >= 15 is 0 Å². The molecule has 4 nitrogen and oxygen atoms in total. The summed E-state index contributed by atoms with van der Waals surface area (Å²) in [5.41, 5.74) is 1.77. The van der Waals surface area contributed by atoms with Gasteiger partial charge in [-0.2, -0.15) is 0 Å². The van der Waals surface area contributed by atoms with Crippen LogP contribution in [0, 0.1) is 17.7 Å². The van der Waals surface area contributed by atoms with Crippen LogP contribution in [0.15, 0.2) is 54.6 Å². The smallest absolute Gasteiger partial charge is 0.308 e. The largest absolute Gasteiger partial charge is 0.481 e. The first-order valence-corrected chi connectivity index (χ1v) is 8.74. The molecular formula is C21H24FNO3. The van der Waals surface area contributed by atoms with Gasteiger partial charge in [-0.05, 0) is 42.5 Å². The molecule has 0 aliphatic heterocycles. The Kier molecular flexibility index (Phi) is 7.33. The summed E-state index contributed by atoms with van der Waals surface area (Å²) in [4.78, 5) is 23.7. The lowest BCUT2D eigenvalue weighted by atomic mass is 9.98. The second kappa shape index (κ2) is 9.70. The summed E-state index contributed by atoms with van der Waals surface area (Å²) in [5.74, 6) is -2.34. The summed E-state index contributed by atoms with van der Waals surface area (Å²) in [7, 11) is 0. The fourth-order valence-electron chi connectivity index (χ4n) is 2.75. The van der Waals surface area contributed by atoms with Gasteiger partial charge in [0, 0.05) is 12.5 Å². The Balaban J connectivity index is 1.82. The SMILES string of the molecule is CC(CCc1cccc(F)c1)C(=O)NCC(Cc1ccccc1)C(=O)O. The number of carbonyl (C=O) groups excluding carboxylic acids is 1. The number of benzene rings is 2. The third-order valence-corrected chi connectivity index (χ3v) is 4.40. The first-order valence-electron chi connectivity index (χ1n) is 8.74. The first kappa shape index (κ1) is 19.6. The van der Waals surface area contributed by atoms with Crippen LogP contribution in [0.3, 0.4) is 0 Å². The molecule has 2 unspecified atom stereocenters. The normalized spacial score (nSPS) is 13.0. The molecule has 0 saturated heterocycles. The predicted octanol–water partition coefficient (Wildman–Crippen LogP) is 3.45. The molecular weight excluding hydrogens is 333 g/mol. The summed E-state index contributed by atoms with van der Waals surface area (Å²) < 4.78 is 13.2. The van der Waals surface area contributed by atoms with E-state index in [1.54, 1.807) is 13.0 Å². The molecule has 0 bridgehead atoms. The van der Waals surface area contributed by atoms with Crippen molar-refractivity contribution in [3.8, 4) is 0 Å². The van der Waals surface area contributed by atoms with Crippen LogP contribution in [0.25, 0.3) is 0 Å². The number of rotatable bonds is 9. The lowest BCUT2D eigenvalue weighted by Gasteiger charge is -2.16. The van der Waals surface area contributed by atoms with Crippen molar-refractivity contribution >= 4 is 11.9 Å². The molecule has 0 radical (unpaired) electrons. The van der Waals surface area contributed by atoms with E-state index in [-0.39, 0.29) is 24.2 Å². The molecule has 2 N–H and O–H groups in total. The highest BCUT2D eigenvalue weighted by Crippen LogP contribution is 2.12. The van der Waals surface area contributed by atoms with Crippen LogP contribution in [0.5, 0.6) is 0 Å². The average molecular weight is 357 g/mol. The molecule has 2 atom stereocenters. The Hall–Kier alpha value is -2.69. The van der Waals surface area contributed by atoms with Crippen LogP contribution in [0.1, 0.15) is 24.5 Å². The van der Waals surface area contributed by atoms with E-state index in [9.17, 15) is 19.1 Å². The van der Waals surface area contributed by atoms with Gasteiger partial charge in [-0.25, -0.2) is 4.39 Å². The van der Waals surface area contributed by atoms with E-state index in [0.717, 1.165) is 11.1 Å².